The van der Waals surface area contributed by atoms with Crippen molar-refractivity contribution >= 4 is 0 Å². The molecule has 0 saturated carbocycles. The zero-order valence-corrected chi connectivity index (χ0v) is 9.57. The molecule has 0 fully saturated rings. The first-order chi connectivity index (χ1) is 8.40. The summed E-state index contributed by atoms with van der Waals surface area (Å²) >= 11 is 0. The third-order valence-corrected chi connectivity index (χ3v) is 2.54. The summed E-state index contributed by atoms with van der Waals surface area (Å²) in [5.41, 5.74) is 0.428. The monoisotopic (exact) mass is 256 g/mol. The van der Waals surface area contributed by atoms with Gasteiger partial charge < -0.3 is 5.11 Å². The summed E-state index contributed by atoms with van der Waals surface area (Å²) in [6.45, 7) is -0.433. The first kappa shape index (κ1) is 12.6. The van der Waals surface area contributed by atoms with Gasteiger partial charge in [0.1, 0.15) is 0 Å². The fourth-order valence-corrected chi connectivity index (χ4v) is 1.68. The third-order valence-electron chi connectivity index (χ3n) is 2.54. The van der Waals surface area contributed by atoms with Gasteiger partial charge in [-0.3, -0.25) is 4.68 Å². The Morgan fingerprint density at radius 2 is 1.94 bits per heavy atom. The van der Waals surface area contributed by atoms with Gasteiger partial charge in [0, 0.05) is 18.8 Å². The summed E-state index contributed by atoms with van der Waals surface area (Å²) in [6, 6.07) is 3.52. The van der Waals surface area contributed by atoms with Crippen LogP contribution in [-0.4, -0.2) is 14.9 Å². The van der Waals surface area contributed by atoms with Crippen LogP contribution >= 0.6 is 0 Å². The van der Waals surface area contributed by atoms with Crippen LogP contribution < -0.4 is 0 Å². The number of halogens is 3. The lowest BCUT2D eigenvalue weighted by atomic mass is 10.0. The number of hydrogen-bond donors (Lipinski definition) is 1. The van der Waals surface area contributed by atoms with Crippen molar-refractivity contribution in [1.82, 2.24) is 9.78 Å². The quantitative estimate of drug-likeness (QED) is 0.896. The molecule has 1 heterocycles. The second-order valence-electron chi connectivity index (χ2n) is 3.98. The van der Waals surface area contributed by atoms with Crippen LogP contribution in [0.4, 0.5) is 13.2 Å². The van der Waals surface area contributed by atoms with E-state index in [2.05, 4.69) is 5.10 Å². The zero-order chi connectivity index (χ0) is 13.3. The molecule has 1 aromatic heterocycles. The lowest BCUT2D eigenvalue weighted by molar-refractivity contribution is -0.137. The van der Waals surface area contributed by atoms with Crippen LogP contribution in [0.3, 0.4) is 0 Å². The third kappa shape index (κ3) is 2.53. The molecule has 0 atom stereocenters. The van der Waals surface area contributed by atoms with Gasteiger partial charge in [-0.2, -0.15) is 18.3 Å². The molecule has 0 aliphatic carbocycles. The van der Waals surface area contributed by atoms with Gasteiger partial charge in [-0.1, -0.05) is 0 Å². The highest BCUT2D eigenvalue weighted by Crippen LogP contribution is 2.33. The summed E-state index contributed by atoms with van der Waals surface area (Å²) in [5, 5.41) is 12.9. The van der Waals surface area contributed by atoms with Crippen molar-refractivity contribution in [3.05, 3.63) is 41.7 Å². The highest BCUT2D eigenvalue weighted by molar-refractivity contribution is 5.64. The van der Waals surface area contributed by atoms with E-state index in [-0.39, 0.29) is 5.56 Å². The normalized spacial score (nSPS) is 11.8. The molecule has 18 heavy (non-hydrogen) atoms. The minimum Gasteiger partial charge on any atom is -0.392 e. The predicted molar refractivity (Wildman–Crippen MR) is 59.6 cm³/mol. The SMILES string of the molecule is Cn1cc(-c2cc(CO)cc(C(F)(F)F)c2)cn1. The maximum absolute atomic E-state index is 12.7. The van der Waals surface area contributed by atoms with Crippen molar-refractivity contribution in [3.8, 4) is 11.1 Å². The maximum Gasteiger partial charge on any atom is 0.416 e. The van der Waals surface area contributed by atoms with Crippen LogP contribution in [-0.2, 0) is 19.8 Å². The number of aromatic nitrogens is 2. The number of benzene rings is 1. The average Bonchev–Trinajstić information content (AvgIpc) is 2.74. The standard InChI is InChI=1S/C12H11F3N2O/c1-17-6-10(5-16-17)9-2-8(7-18)3-11(4-9)12(13,14)15/h2-6,18H,7H2,1H3. The first-order valence-corrected chi connectivity index (χ1v) is 5.21. The molecule has 0 amide bonds. The largest absolute Gasteiger partial charge is 0.416 e. The Morgan fingerprint density at radius 3 is 2.44 bits per heavy atom. The molecule has 6 heteroatoms. The zero-order valence-electron chi connectivity index (χ0n) is 9.57. The van der Waals surface area contributed by atoms with Crippen molar-refractivity contribution in [2.24, 2.45) is 7.05 Å². The smallest absolute Gasteiger partial charge is 0.392 e. The summed E-state index contributed by atoms with van der Waals surface area (Å²) in [6.07, 6.45) is -1.32. The molecule has 0 radical (unpaired) electrons. The Labute approximate surface area is 101 Å². The number of nitrogens with zero attached hydrogens (tertiary/aromatic N) is 2. The molecule has 0 aliphatic rings. The predicted octanol–water partition coefficient (Wildman–Crippen LogP) is 2.60. The minimum atomic E-state index is -4.43. The van der Waals surface area contributed by atoms with E-state index in [4.69, 9.17) is 5.11 Å². The van der Waals surface area contributed by atoms with Crippen LogP contribution in [0.15, 0.2) is 30.6 Å². The topological polar surface area (TPSA) is 38.0 Å². The van der Waals surface area contributed by atoms with Crippen molar-refractivity contribution in [2.75, 3.05) is 0 Å². The highest BCUT2D eigenvalue weighted by Gasteiger charge is 2.31. The number of rotatable bonds is 2. The number of aryl methyl sites for hydroxylation is 1. The molecule has 0 spiro atoms. The minimum absolute atomic E-state index is 0.226. The van der Waals surface area contributed by atoms with Gasteiger partial charge in [-0.15, -0.1) is 0 Å². The Balaban J connectivity index is 2.54. The fraction of sp³-hybridized carbons (Fsp3) is 0.250. The Morgan fingerprint density at radius 1 is 1.22 bits per heavy atom. The van der Waals surface area contributed by atoms with Crippen LogP contribution in [0.25, 0.3) is 11.1 Å². The molecular formula is C12H11F3N2O. The summed E-state index contributed by atoms with van der Waals surface area (Å²) in [7, 11) is 1.68. The molecule has 0 bridgehead atoms. The van der Waals surface area contributed by atoms with E-state index in [9.17, 15) is 13.2 Å². The molecule has 3 nitrogen and oxygen atoms in total. The van der Waals surface area contributed by atoms with Crippen molar-refractivity contribution in [2.45, 2.75) is 12.8 Å². The van der Waals surface area contributed by atoms with Gasteiger partial charge >= 0.3 is 6.18 Å². The van der Waals surface area contributed by atoms with E-state index in [0.29, 0.717) is 11.1 Å². The van der Waals surface area contributed by atoms with Gasteiger partial charge in [-0.25, -0.2) is 0 Å². The molecule has 96 valence electrons. The Hall–Kier alpha value is -1.82. The van der Waals surface area contributed by atoms with Crippen molar-refractivity contribution < 1.29 is 18.3 Å². The molecule has 0 unspecified atom stereocenters. The van der Waals surface area contributed by atoms with Gasteiger partial charge in [0.2, 0.25) is 0 Å². The van der Waals surface area contributed by atoms with Gasteiger partial charge in [-0.05, 0) is 29.3 Å². The second kappa shape index (κ2) is 4.45. The van der Waals surface area contributed by atoms with Gasteiger partial charge in [0.25, 0.3) is 0 Å². The van der Waals surface area contributed by atoms with E-state index in [1.54, 1.807) is 13.2 Å². The first-order valence-electron chi connectivity index (χ1n) is 5.21. The molecule has 0 saturated heterocycles. The number of hydrogen-bond acceptors (Lipinski definition) is 2. The van der Waals surface area contributed by atoms with Crippen LogP contribution in [0.1, 0.15) is 11.1 Å². The van der Waals surface area contributed by atoms with Crippen molar-refractivity contribution in [3.63, 3.8) is 0 Å². The highest BCUT2D eigenvalue weighted by atomic mass is 19.4. The van der Waals surface area contributed by atoms with E-state index >= 15 is 0 Å². The molecule has 2 rings (SSSR count). The molecule has 0 aliphatic heterocycles. The molecule has 1 aromatic carbocycles. The van der Waals surface area contributed by atoms with Crippen LogP contribution in [0.2, 0.25) is 0 Å². The maximum atomic E-state index is 12.7. The van der Waals surface area contributed by atoms with E-state index in [0.717, 1.165) is 12.1 Å². The number of alkyl halides is 3. The van der Waals surface area contributed by atoms with E-state index in [1.165, 1.54) is 16.9 Å². The molecule has 2 aromatic rings. The lowest BCUT2D eigenvalue weighted by Crippen LogP contribution is -2.06. The summed E-state index contributed by atoms with van der Waals surface area (Å²) in [4.78, 5) is 0. The van der Waals surface area contributed by atoms with Crippen LogP contribution in [0.5, 0.6) is 0 Å². The van der Waals surface area contributed by atoms with E-state index < -0.39 is 18.3 Å². The summed E-state index contributed by atoms with van der Waals surface area (Å²) < 4.78 is 39.6. The Bertz CT molecular complexity index is 561. The summed E-state index contributed by atoms with van der Waals surface area (Å²) in [5.74, 6) is 0. The second-order valence-corrected chi connectivity index (χ2v) is 3.98. The van der Waals surface area contributed by atoms with Gasteiger partial charge in [0.05, 0.1) is 18.4 Å². The molecular weight excluding hydrogens is 245 g/mol. The molecule has 1 N–H and O–H groups in total. The fourth-order valence-electron chi connectivity index (χ4n) is 1.68. The lowest BCUT2D eigenvalue weighted by Gasteiger charge is -2.10. The van der Waals surface area contributed by atoms with Gasteiger partial charge in [0.15, 0.2) is 0 Å². The van der Waals surface area contributed by atoms with Crippen molar-refractivity contribution in [1.29, 1.82) is 0 Å². The number of aliphatic hydroxyl groups is 1. The van der Waals surface area contributed by atoms with E-state index in [1.807, 2.05) is 0 Å². The van der Waals surface area contributed by atoms with Crippen LogP contribution in [0, 0.1) is 0 Å². The average molecular weight is 256 g/mol. The Kier molecular flexibility index (Phi) is 3.13. The number of aliphatic hydroxyl groups excluding tert-OH is 1.